The van der Waals surface area contributed by atoms with Crippen molar-refractivity contribution in [2.75, 3.05) is 6.61 Å². The maximum atomic E-state index is 11.1. The molecule has 0 radical (unpaired) electrons. The first-order chi connectivity index (χ1) is 7.24. The molecule has 0 heterocycles. The lowest BCUT2D eigenvalue weighted by Gasteiger charge is -2.12. The average Bonchev–Trinajstić information content (AvgIpc) is 2.27. The quantitative estimate of drug-likeness (QED) is 0.561. The molecule has 0 N–H and O–H groups in total. The fourth-order valence-electron chi connectivity index (χ4n) is 1.10. The molecule has 0 aliphatic rings. The van der Waals surface area contributed by atoms with Crippen molar-refractivity contribution in [3.8, 4) is 0 Å². The Morgan fingerprint density at radius 2 is 2.13 bits per heavy atom. The van der Waals surface area contributed by atoms with Crippen LogP contribution in [0.25, 0.3) is 0 Å². The van der Waals surface area contributed by atoms with Gasteiger partial charge in [-0.2, -0.15) is 0 Å². The minimum absolute atomic E-state index is 0.167. The van der Waals surface area contributed by atoms with Crippen LogP contribution in [0.5, 0.6) is 0 Å². The summed E-state index contributed by atoms with van der Waals surface area (Å²) in [4.78, 5) is 11.1. The summed E-state index contributed by atoms with van der Waals surface area (Å²) in [5.74, 6) is 0. The molecule has 0 saturated carbocycles. The standard InChI is InChI=1S/C12H14O3/c1-3-9-14-12(13)15-10(2)11-7-5-4-6-8-11/h3-8,10H,1,9H2,2H3. The lowest BCUT2D eigenvalue weighted by molar-refractivity contribution is 0.0351. The van der Waals surface area contributed by atoms with Crippen molar-refractivity contribution in [2.45, 2.75) is 13.0 Å². The number of carbonyl (C=O) groups is 1. The van der Waals surface area contributed by atoms with Crippen LogP contribution in [-0.4, -0.2) is 12.8 Å². The van der Waals surface area contributed by atoms with E-state index in [-0.39, 0.29) is 12.7 Å². The van der Waals surface area contributed by atoms with Gasteiger partial charge in [-0.25, -0.2) is 4.79 Å². The molecule has 15 heavy (non-hydrogen) atoms. The first-order valence-electron chi connectivity index (χ1n) is 4.73. The van der Waals surface area contributed by atoms with E-state index in [2.05, 4.69) is 6.58 Å². The number of benzene rings is 1. The van der Waals surface area contributed by atoms with Crippen LogP contribution in [0.1, 0.15) is 18.6 Å². The summed E-state index contributed by atoms with van der Waals surface area (Å²) in [6, 6.07) is 9.48. The fourth-order valence-corrected chi connectivity index (χ4v) is 1.10. The summed E-state index contributed by atoms with van der Waals surface area (Å²) in [6.45, 7) is 5.40. The van der Waals surface area contributed by atoms with E-state index in [0.717, 1.165) is 5.56 Å². The summed E-state index contributed by atoms with van der Waals surface area (Å²) < 4.78 is 9.73. The molecule has 0 aromatic heterocycles. The number of hydrogen-bond acceptors (Lipinski definition) is 3. The zero-order chi connectivity index (χ0) is 11.1. The van der Waals surface area contributed by atoms with Gasteiger partial charge in [0.2, 0.25) is 0 Å². The summed E-state index contributed by atoms with van der Waals surface area (Å²) in [5, 5.41) is 0. The molecule has 0 aliphatic heterocycles. The lowest BCUT2D eigenvalue weighted by Crippen LogP contribution is -2.10. The molecule has 1 atom stereocenters. The van der Waals surface area contributed by atoms with Gasteiger partial charge >= 0.3 is 6.16 Å². The van der Waals surface area contributed by atoms with Crippen molar-refractivity contribution in [3.05, 3.63) is 48.6 Å². The van der Waals surface area contributed by atoms with E-state index in [1.54, 1.807) is 6.92 Å². The third kappa shape index (κ3) is 3.85. The highest BCUT2D eigenvalue weighted by atomic mass is 16.7. The molecule has 0 spiro atoms. The zero-order valence-electron chi connectivity index (χ0n) is 8.68. The second-order valence-corrected chi connectivity index (χ2v) is 3.02. The van der Waals surface area contributed by atoms with E-state index in [1.165, 1.54) is 6.08 Å². The predicted molar refractivity (Wildman–Crippen MR) is 57.5 cm³/mol. The largest absolute Gasteiger partial charge is 0.509 e. The van der Waals surface area contributed by atoms with E-state index in [1.807, 2.05) is 30.3 Å². The van der Waals surface area contributed by atoms with Gasteiger partial charge in [-0.3, -0.25) is 0 Å². The Labute approximate surface area is 89.3 Å². The topological polar surface area (TPSA) is 35.5 Å². The maximum absolute atomic E-state index is 11.1. The summed E-state index contributed by atoms with van der Waals surface area (Å²) >= 11 is 0. The Hall–Kier alpha value is -1.77. The minimum Gasteiger partial charge on any atom is -0.430 e. The third-order valence-electron chi connectivity index (χ3n) is 1.86. The lowest BCUT2D eigenvalue weighted by atomic mass is 10.1. The van der Waals surface area contributed by atoms with Gasteiger partial charge in [0.1, 0.15) is 12.7 Å². The first kappa shape index (κ1) is 11.3. The molecule has 0 bridgehead atoms. The van der Waals surface area contributed by atoms with Gasteiger partial charge in [0, 0.05) is 0 Å². The maximum Gasteiger partial charge on any atom is 0.509 e. The SMILES string of the molecule is C=CCOC(=O)OC(C)c1ccccc1. The molecule has 1 aromatic rings. The third-order valence-corrected chi connectivity index (χ3v) is 1.86. The highest BCUT2D eigenvalue weighted by Gasteiger charge is 2.11. The smallest absolute Gasteiger partial charge is 0.430 e. The molecule has 3 heteroatoms. The molecule has 1 aromatic carbocycles. The highest BCUT2D eigenvalue weighted by Crippen LogP contribution is 2.16. The second kappa shape index (κ2) is 5.86. The van der Waals surface area contributed by atoms with Gasteiger partial charge < -0.3 is 9.47 Å². The molecule has 0 fully saturated rings. The molecular weight excluding hydrogens is 192 g/mol. The minimum atomic E-state index is -0.675. The van der Waals surface area contributed by atoms with Gasteiger partial charge in [-0.05, 0) is 12.5 Å². The van der Waals surface area contributed by atoms with Crippen LogP contribution in [0.15, 0.2) is 43.0 Å². The molecule has 80 valence electrons. The molecule has 0 aliphatic carbocycles. The fraction of sp³-hybridized carbons (Fsp3) is 0.250. The van der Waals surface area contributed by atoms with Crippen molar-refractivity contribution in [3.63, 3.8) is 0 Å². The van der Waals surface area contributed by atoms with Gasteiger partial charge in [0.15, 0.2) is 0 Å². The molecule has 0 amide bonds. The van der Waals surface area contributed by atoms with E-state index in [4.69, 9.17) is 9.47 Å². The zero-order valence-corrected chi connectivity index (χ0v) is 8.68. The summed E-state index contributed by atoms with van der Waals surface area (Å²) in [5.41, 5.74) is 0.938. The van der Waals surface area contributed by atoms with Gasteiger partial charge in [-0.15, -0.1) is 0 Å². The normalized spacial score (nSPS) is 11.5. The molecule has 1 unspecified atom stereocenters. The average molecular weight is 206 g/mol. The highest BCUT2D eigenvalue weighted by molar-refractivity contribution is 5.60. The van der Waals surface area contributed by atoms with Crippen molar-refractivity contribution in [2.24, 2.45) is 0 Å². The Morgan fingerprint density at radius 1 is 1.47 bits per heavy atom. The van der Waals surface area contributed by atoms with E-state index in [9.17, 15) is 4.79 Å². The van der Waals surface area contributed by atoms with Crippen LogP contribution in [0.3, 0.4) is 0 Å². The van der Waals surface area contributed by atoms with Crippen molar-refractivity contribution >= 4 is 6.16 Å². The van der Waals surface area contributed by atoms with Crippen LogP contribution in [0.2, 0.25) is 0 Å². The Bertz CT molecular complexity index is 319. The van der Waals surface area contributed by atoms with Gasteiger partial charge in [0.25, 0.3) is 0 Å². The van der Waals surface area contributed by atoms with Crippen molar-refractivity contribution in [1.82, 2.24) is 0 Å². The van der Waals surface area contributed by atoms with Crippen molar-refractivity contribution in [1.29, 1.82) is 0 Å². The second-order valence-electron chi connectivity index (χ2n) is 3.02. The van der Waals surface area contributed by atoms with E-state index < -0.39 is 6.16 Å². The predicted octanol–water partition coefficient (Wildman–Crippen LogP) is 3.09. The van der Waals surface area contributed by atoms with E-state index >= 15 is 0 Å². The molecule has 3 nitrogen and oxygen atoms in total. The monoisotopic (exact) mass is 206 g/mol. The Morgan fingerprint density at radius 3 is 2.73 bits per heavy atom. The number of ether oxygens (including phenoxy) is 2. The number of hydrogen-bond donors (Lipinski definition) is 0. The van der Waals surface area contributed by atoms with Crippen LogP contribution in [0, 0.1) is 0 Å². The molecule has 0 saturated heterocycles. The van der Waals surface area contributed by atoms with Gasteiger partial charge in [-0.1, -0.05) is 43.0 Å². The summed E-state index contributed by atoms with van der Waals surface area (Å²) in [7, 11) is 0. The first-order valence-corrected chi connectivity index (χ1v) is 4.73. The molecular formula is C12H14O3. The van der Waals surface area contributed by atoms with E-state index in [0.29, 0.717) is 0 Å². The van der Waals surface area contributed by atoms with Gasteiger partial charge in [0.05, 0.1) is 0 Å². The Kier molecular flexibility index (Phi) is 4.41. The summed E-state index contributed by atoms with van der Waals surface area (Å²) in [6.07, 6.45) is 0.517. The van der Waals surface area contributed by atoms with Crippen LogP contribution in [-0.2, 0) is 9.47 Å². The Balaban J connectivity index is 2.45. The number of carbonyl (C=O) groups excluding carboxylic acids is 1. The van der Waals surface area contributed by atoms with Crippen LogP contribution >= 0.6 is 0 Å². The number of rotatable bonds is 4. The van der Waals surface area contributed by atoms with Crippen LogP contribution < -0.4 is 0 Å². The molecule has 1 rings (SSSR count). The van der Waals surface area contributed by atoms with Crippen LogP contribution in [0.4, 0.5) is 4.79 Å². The van der Waals surface area contributed by atoms with Crippen molar-refractivity contribution < 1.29 is 14.3 Å².